The molecule has 1 aromatic rings. The molecule has 1 N–H and O–H groups in total. The van der Waals surface area contributed by atoms with E-state index >= 15 is 0 Å². The van der Waals surface area contributed by atoms with Crippen LogP contribution in [0.15, 0.2) is 18.2 Å². The summed E-state index contributed by atoms with van der Waals surface area (Å²) in [5.41, 5.74) is 3.94. The molecule has 0 amide bonds. The summed E-state index contributed by atoms with van der Waals surface area (Å²) in [6, 6.07) is 7.19. The van der Waals surface area contributed by atoms with Crippen molar-refractivity contribution in [3.05, 3.63) is 29.3 Å². The molecule has 2 rings (SSSR count). The van der Waals surface area contributed by atoms with Gasteiger partial charge in [-0.15, -0.1) is 0 Å². The van der Waals surface area contributed by atoms with Gasteiger partial charge in [-0.05, 0) is 48.5 Å². The van der Waals surface area contributed by atoms with Crippen LogP contribution in [0.25, 0.3) is 0 Å². The van der Waals surface area contributed by atoms with Crippen LogP contribution in [-0.4, -0.2) is 23.1 Å². The molecule has 0 heterocycles. The number of hydrogen-bond donors (Lipinski definition) is 1. The summed E-state index contributed by atoms with van der Waals surface area (Å²) in [5, 5.41) is 4.44. The summed E-state index contributed by atoms with van der Waals surface area (Å²) in [6.07, 6.45) is 7.61. The average Bonchev–Trinajstić information content (AvgIpc) is 2.54. The molecule has 0 saturated heterocycles. The van der Waals surface area contributed by atoms with Gasteiger partial charge in [0.15, 0.2) is 5.11 Å². The molecular formula is C19H30N2S. The van der Waals surface area contributed by atoms with Crippen LogP contribution in [0.2, 0.25) is 0 Å². The quantitative estimate of drug-likeness (QED) is 0.755. The Morgan fingerprint density at radius 3 is 2.55 bits per heavy atom. The Morgan fingerprint density at radius 2 is 1.95 bits per heavy atom. The third-order valence-electron chi connectivity index (χ3n) is 4.86. The van der Waals surface area contributed by atoms with E-state index < -0.39 is 0 Å². The standard InChI is InChI=1S/C19H30N2S/c1-5-15-10-9-13-17(14(2)3)18(15)20-19(22)21(4)16-11-7-6-8-12-16/h9-10,13-14,16H,5-8,11-12H2,1-4H3,(H,20,22). The van der Waals surface area contributed by atoms with Gasteiger partial charge < -0.3 is 10.2 Å². The first-order valence-electron chi connectivity index (χ1n) is 8.70. The Bertz CT molecular complexity index is 504. The highest BCUT2D eigenvalue weighted by atomic mass is 32.1. The van der Waals surface area contributed by atoms with Gasteiger partial charge >= 0.3 is 0 Å². The summed E-state index contributed by atoms with van der Waals surface area (Å²) >= 11 is 5.71. The number of nitrogens with zero attached hydrogens (tertiary/aromatic N) is 1. The van der Waals surface area contributed by atoms with Gasteiger partial charge in [0.1, 0.15) is 0 Å². The zero-order valence-electron chi connectivity index (χ0n) is 14.5. The molecule has 0 spiro atoms. The molecule has 1 aliphatic rings. The van der Waals surface area contributed by atoms with Crippen LogP contribution < -0.4 is 5.32 Å². The third kappa shape index (κ3) is 4.01. The van der Waals surface area contributed by atoms with E-state index in [1.54, 1.807) is 0 Å². The van der Waals surface area contributed by atoms with Crippen molar-refractivity contribution in [3.63, 3.8) is 0 Å². The minimum absolute atomic E-state index is 0.497. The minimum atomic E-state index is 0.497. The fourth-order valence-electron chi connectivity index (χ4n) is 3.38. The van der Waals surface area contributed by atoms with Crippen LogP contribution in [0, 0.1) is 0 Å². The van der Waals surface area contributed by atoms with Gasteiger partial charge in [-0.2, -0.15) is 0 Å². The zero-order valence-corrected chi connectivity index (χ0v) is 15.3. The number of rotatable bonds is 4. The molecule has 1 fully saturated rings. The number of benzene rings is 1. The van der Waals surface area contributed by atoms with Crippen molar-refractivity contribution in [2.75, 3.05) is 12.4 Å². The van der Waals surface area contributed by atoms with E-state index in [9.17, 15) is 0 Å². The lowest BCUT2D eigenvalue weighted by Crippen LogP contribution is -2.41. The Labute approximate surface area is 141 Å². The summed E-state index contributed by atoms with van der Waals surface area (Å²) in [5.74, 6) is 0.497. The van der Waals surface area contributed by atoms with Crippen molar-refractivity contribution >= 4 is 23.0 Å². The fraction of sp³-hybridized carbons (Fsp3) is 0.632. The van der Waals surface area contributed by atoms with Crippen molar-refractivity contribution in [2.45, 2.75) is 71.3 Å². The lowest BCUT2D eigenvalue weighted by molar-refractivity contribution is 0.281. The van der Waals surface area contributed by atoms with Crippen molar-refractivity contribution in [1.82, 2.24) is 4.90 Å². The number of hydrogen-bond acceptors (Lipinski definition) is 1. The number of para-hydroxylation sites is 1. The second kappa shape index (κ2) is 7.96. The highest BCUT2D eigenvalue weighted by Crippen LogP contribution is 2.29. The number of thiocarbonyl (C=S) groups is 1. The predicted octanol–water partition coefficient (Wildman–Crippen LogP) is 5.33. The molecule has 0 atom stereocenters. The van der Waals surface area contributed by atoms with Gasteiger partial charge in [0.2, 0.25) is 0 Å². The normalized spacial score (nSPS) is 15.9. The summed E-state index contributed by atoms with van der Waals surface area (Å²) < 4.78 is 0. The number of aryl methyl sites for hydroxylation is 1. The summed E-state index contributed by atoms with van der Waals surface area (Å²) in [7, 11) is 2.15. The molecule has 0 aliphatic heterocycles. The molecule has 1 saturated carbocycles. The van der Waals surface area contributed by atoms with Gasteiger partial charge in [-0.1, -0.05) is 58.2 Å². The van der Waals surface area contributed by atoms with Gasteiger partial charge in [-0.3, -0.25) is 0 Å². The van der Waals surface area contributed by atoms with E-state index in [1.165, 1.54) is 48.9 Å². The first-order chi connectivity index (χ1) is 10.5. The average molecular weight is 319 g/mol. The molecule has 2 nitrogen and oxygen atoms in total. The van der Waals surface area contributed by atoms with Crippen LogP contribution in [-0.2, 0) is 6.42 Å². The Kier molecular flexibility index (Phi) is 6.25. The van der Waals surface area contributed by atoms with E-state index in [-0.39, 0.29) is 0 Å². The fourth-order valence-corrected chi connectivity index (χ4v) is 3.63. The highest BCUT2D eigenvalue weighted by Gasteiger charge is 2.21. The summed E-state index contributed by atoms with van der Waals surface area (Å²) in [4.78, 5) is 2.28. The van der Waals surface area contributed by atoms with Crippen molar-refractivity contribution in [1.29, 1.82) is 0 Å². The van der Waals surface area contributed by atoms with Crippen LogP contribution in [0.1, 0.15) is 69.9 Å². The van der Waals surface area contributed by atoms with Gasteiger partial charge in [0.25, 0.3) is 0 Å². The Hall–Kier alpha value is -1.09. The summed E-state index contributed by atoms with van der Waals surface area (Å²) in [6.45, 7) is 6.69. The SMILES string of the molecule is CCc1cccc(C(C)C)c1NC(=S)N(C)C1CCCCC1. The van der Waals surface area contributed by atoms with Gasteiger partial charge in [0, 0.05) is 18.8 Å². The van der Waals surface area contributed by atoms with E-state index in [2.05, 4.69) is 56.2 Å². The van der Waals surface area contributed by atoms with Crippen LogP contribution in [0.5, 0.6) is 0 Å². The second-order valence-electron chi connectivity index (χ2n) is 6.72. The molecular weight excluding hydrogens is 288 g/mol. The first kappa shape index (κ1) is 17.3. The topological polar surface area (TPSA) is 15.3 Å². The maximum absolute atomic E-state index is 5.71. The lowest BCUT2D eigenvalue weighted by atomic mass is 9.94. The van der Waals surface area contributed by atoms with E-state index in [0.717, 1.165) is 11.5 Å². The van der Waals surface area contributed by atoms with Crippen LogP contribution in [0.3, 0.4) is 0 Å². The number of nitrogens with one attached hydrogen (secondary N) is 1. The largest absolute Gasteiger partial charge is 0.349 e. The molecule has 3 heteroatoms. The highest BCUT2D eigenvalue weighted by molar-refractivity contribution is 7.80. The smallest absolute Gasteiger partial charge is 0.173 e. The predicted molar refractivity (Wildman–Crippen MR) is 101 cm³/mol. The first-order valence-corrected chi connectivity index (χ1v) is 9.11. The molecule has 0 bridgehead atoms. The number of anilines is 1. The lowest BCUT2D eigenvalue weighted by Gasteiger charge is -2.34. The molecule has 22 heavy (non-hydrogen) atoms. The van der Waals surface area contributed by atoms with Crippen LogP contribution >= 0.6 is 12.2 Å². The van der Waals surface area contributed by atoms with Crippen molar-refractivity contribution < 1.29 is 0 Å². The molecule has 1 aromatic carbocycles. The maximum Gasteiger partial charge on any atom is 0.173 e. The third-order valence-corrected chi connectivity index (χ3v) is 5.25. The van der Waals surface area contributed by atoms with E-state index in [4.69, 9.17) is 12.2 Å². The monoisotopic (exact) mass is 318 g/mol. The van der Waals surface area contributed by atoms with Crippen molar-refractivity contribution in [2.24, 2.45) is 0 Å². The molecule has 0 unspecified atom stereocenters. The second-order valence-corrected chi connectivity index (χ2v) is 7.11. The zero-order chi connectivity index (χ0) is 16.1. The van der Waals surface area contributed by atoms with Crippen LogP contribution in [0.4, 0.5) is 5.69 Å². The maximum atomic E-state index is 5.71. The Balaban J connectivity index is 2.16. The molecule has 122 valence electrons. The van der Waals surface area contributed by atoms with E-state index in [0.29, 0.717) is 12.0 Å². The minimum Gasteiger partial charge on any atom is -0.349 e. The van der Waals surface area contributed by atoms with Crippen molar-refractivity contribution in [3.8, 4) is 0 Å². The molecule has 0 aromatic heterocycles. The van der Waals surface area contributed by atoms with E-state index in [1.807, 2.05) is 0 Å². The molecule has 1 aliphatic carbocycles. The Morgan fingerprint density at radius 1 is 1.27 bits per heavy atom. The van der Waals surface area contributed by atoms with Gasteiger partial charge in [-0.25, -0.2) is 0 Å². The van der Waals surface area contributed by atoms with Gasteiger partial charge in [0.05, 0.1) is 0 Å². The molecule has 0 radical (unpaired) electrons.